The van der Waals surface area contributed by atoms with E-state index in [1.165, 1.54) is 6.20 Å². The third-order valence-corrected chi connectivity index (χ3v) is 2.86. The Kier molecular flexibility index (Phi) is 2.83. The molecule has 0 saturated heterocycles. The number of nitrogens with zero attached hydrogens (tertiary/aromatic N) is 2. The van der Waals surface area contributed by atoms with Crippen LogP contribution in [-0.4, -0.2) is 21.1 Å². The standard InChI is InChI=1S/C14H12N4O2/c1-8-5-11(18-17-8)9-3-2-4-10(6-9)14-16-7-12(20-14)13(15)19/h2-7H,1H3,(H2,15,19)(H,17,18). The zero-order chi connectivity index (χ0) is 14.1. The average Bonchev–Trinajstić information content (AvgIpc) is 3.07. The number of nitrogens with one attached hydrogen (secondary N) is 1. The van der Waals surface area contributed by atoms with Gasteiger partial charge in [0.25, 0.3) is 5.91 Å². The number of aromatic nitrogens is 3. The predicted octanol–water partition coefficient (Wildman–Crippen LogP) is 2.14. The highest BCUT2D eigenvalue weighted by molar-refractivity contribution is 5.89. The fourth-order valence-corrected chi connectivity index (χ4v) is 1.90. The fraction of sp³-hybridized carbons (Fsp3) is 0.0714. The van der Waals surface area contributed by atoms with Gasteiger partial charge in [-0.15, -0.1) is 0 Å². The Hall–Kier alpha value is -2.89. The maximum Gasteiger partial charge on any atom is 0.286 e. The number of primary amides is 1. The highest BCUT2D eigenvalue weighted by Gasteiger charge is 2.11. The number of carbonyl (C=O) groups excluding carboxylic acids is 1. The first kappa shape index (κ1) is 12.2. The van der Waals surface area contributed by atoms with Crippen molar-refractivity contribution in [3.63, 3.8) is 0 Å². The maximum atomic E-state index is 11.0. The van der Waals surface area contributed by atoms with Crippen LogP contribution in [0.2, 0.25) is 0 Å². The van der Waals surface area contributed by atoms with Crippen LogP contribution in [0.25, 0.3) is 22.7 Å². The zero-order valence-corrected chi connectivity index (χ0v) is 10.8. The van der Waals surface area contributed by atoms with Crippen molar-refractivity contribution in [1.29, 1.82) is 0 Å². The molecule has 0 unspecified atom stereocenters. The summed E-state index contributed by atoms with van der Waals surface area (Å²) in [5.74, 6) is -0.239. The molecule has 0 fully saturated rings. The molecule has 1 amide bonds. The second-order valence-electron chi connectivity index (χ2n) is 4.41. The van der Waals surface area contributed by atoms with E-state index in [4.69, 9.17) is 10.2 Å². The van der Waals surface area contributed by atoms with Crippen molar-refractivity contribution in [2.75, 3.05) is 0 Å². The molecule has 0 atom stereocenters. The molecule has 2 heterocycles. The SMILES string of the molecule is Cc1cc(-c2cccc(-c3ncc(C(N)=O)o3)c2)n[nH]1. The van der Waals surface area contributed by atoms with Crippen molar-refractivity contribution in [2.24, 2.45) is 5.73 Å². The molecule has 3 N–H and O–H groups in total. The van der Waals surface area contributed by atoms with Gasteiger partial charge < -0.3 is 10.2 Å². The molecule has 0 saturated carbocycles. The first-order valence-corrected chi connectivity index (χ1v) is 6.02. The van der Waals surface area contributed by atoms with Crippen LogP contribution in [0.3, 0.4) is 0 Å². The molecule has 0 aliphatic carbocycles. The van der Waals surface area contributed by atoms with Crippen molar-refractivity contribution in [3.8, 4) is 22.7 Å². The molecule has 0 aliphatic rings. The second kappa shape index (κ2) is 4.65. The van der Waals surface area contributed by atoms with E-state index in [1.807, 2.05) is 37.3 Å². The molecule has 3 rings (SSSR count). The van der Waals surface area contributed by atoms with Gasteiger partial charge in [0.05, 0.1) is 11.9 Å². The Bertz CT molecular complexity index is 773. The van der Waals surface area contributed by atoms with Gasteiger partial charge in [0.1, 0.15) is 0 Å². The van der Waals surface area contributed by atoms with Gasteiger partial charge in [0, 0.05) is 16.8 Å². The summed E-state index contributed by atoms with van der Waals surface area (Å²) in [5, 5.41) is 7.10. The normalized spacial score (nSPS) is 10.7. The van der Waals surface area contributed by atoms with Gasteiger partial charge in [-0.25, -0.2) is 4.98 Å². The highest BCUT2D eigenvalue weighted by Crippen LogP contribution is 2.25. The van der Waals surface area contributed by atoms with E-state index >= 15 is 0 Å². The summed E-state index contributed by atoms with van der Waals surface area (Å²) in [6.45, 7) is 1.94. The minimum absolute atomic E-state index is 0.0426. The van der Waals surface area contributed by atoms with Gasteiger partial charge in [-0.3, -0.25) is 9.89 Å². The molecule has 20 heavy (non-hydrogen) atoms. The van der Waals surface area contributed by atoms with Gasteiger partial charge in [-0.1, -0.05) is 12.1 Å². The van der Waals surface area contributed by atoms with Crippen molar-refractivity contribution in [2.45, 2.75) is 6.92 Å². The van der Waals surface area contributed by atoms with Crippen LogP contribution in [0.5, 0.6) is 0 Å². The minimum Gasteiger partial charge on any atom is -0.431 e. The molecule has 6 nitrogen and oxygen atoms in total. The largest absolute Gasteiger partial charge is 0.431 e. The van der Waals surface area contributed by atoms with Crippen molar-refractivity contribution < 1.29 is 9.21 Å². The molecule has 0 radical (unpaired) electrons. The molecule has 0 aliphatic heterocycles. The molecule has 3 aromatic rings. The van der Waals surface area contributed by atoms with E-state index in [-0.39, 0.29) is 5.76 Å². The topological polar surface area (TPSA) is 97.8 Å². The highest BCUT2D eigenvalue weighted by atomic mass is 16.4. The van der Waals surface area contributed by atoms with Crippen LogP contribution in [0, 0.1) is 6.92 Å². The summed E-state index contributed by atoms with van der Waals surface area (Å²) in [5.41, 5.74) is 8.66. The molecule has 6 heteroatoms. The first-order valence-electron chi connectivity index (χ1n) is 6.02. The number of amides is 1. The van der Waals surface area contributed by atoms with Gasteiger partial charge in [-0.05, 0) is 25.1 Å². The number of H-pyrrole nitrogens is 1. The molecule has 100 valence electrons. The van der Waals surface area contributed by atoms with E-state index in [9.17, 15) is 4.79 Å². The molecule has 2 aromatic heterocycles. The predicted molar refractivity (Wildman–Crippen MR) is 72.8 cm³/mol. The number of rotatable bonds is 3. The number of hydrogen-bond acceptors (Lipinski definition) is 4. The lowest BCUT2D eigenvalue weighted by Gasteiger charge is -1.99. The van der Waals surface area contributed by atoms with Crippen LogP contribution in [0.1, 0.15) is 16.2 Å². The average molecular weight is 268 g/mol. The third-order valence-electron chi connectivity index (χ3n) is 2.86. The van der Waals surface area contributed by atoms with Crippen LogP contribution in [0.15, 0.2) is 40.9 Å². The van der Waals surface area contributed by atoms with Crippen LogP contribution in [-0.2, 0) is 0 Å². The van der Waals surface area contributed by atoms with Crippen LogP contribution in [0.4, 0.5) is 0 Å². The fourth-order valence-electron chi connectivity index (χ4n) is 1.90. The van der Waals surface area contributed by atoms with E-state index < -0.39 is 5.91 Å². The molecular weight excluding hydrogens is 256 g/mol. The van der Waals surface area contributed by atoms with E-state index in [1.54, 1.807) is 0 Å². The second-order valence-corrected chi connectivity index (χ2v) is 4.41. The Morgan fingerprint density at radius 3 is 2.75 bits per heavy atom. The summed E-state index contributed by atoms with van der Waals surface area (Å²) in [7, 11) is 0. The summed E-state index contributed by atoms with van der Waals surface area (Å²) >= 11 is 0. The maximum absolute atomic E-state index is 11.0. The summed E-state index contributed by atoms with van der Waals surface area (Å²) in [4.78, 5) is 15.1. The molecule has 0 spiro atoms. The number of oxazole rings is 1. The van der Waals surface area contributed by atoms with Gasteiger partial charge in [0.2, 0.25) is 11.7 Å². The summed E-state index contributed by atoms with van der Waals surface area (Å²) < 4.78 is 5.31. The minimum atomic E-state index is -0.636. The Balaban J connectivity index is 2.00. The number of benzene rings is 1. The lowest BCUT2D eigenvalue weighted by atomic mass is 10.1. The number of carbonyl (C=O) groups is 1. The van der Waals surface area contributed by atoms with Crippen LogP contribution < -0.4 is 5.73 Å². The monoisotopic (exact) mass is 268 g/mol. The van der Waals surface area contributed by atoms with E-state index in [0.29, 0.717) is 5.89 Å². The van der Waals surface area contributed by atoms with Crippen molar-refractivity contribution in [1.82, 2.24) is 15.2 Å². The summed E-state index contributed by atoms with van der Waals surface area (Å²) in [6.07, 6.45) is 1.32. The van der Waals surface area contributed by atoms with Crippen molar-refractivity contribution >= 4 is 5.91 Å². The Labute approximate surface area is 114 Å². The van der Waals surface area contributed by atoms with Crippen LogP contribution >= 0.6 is 0 Å². The zero-order valence-electron chi connectivity index (χ0n) is 10.8. The van der Waals surface area contributed by atoms with Gasteiger partial charge in [0.15, 0.2) is 0 Å². The number of aromatic amines is 1. The smallest absolute Gasteiger partial charge is 0.286 e. The Morgan fingerprint density at radius 2 is 2.10 bits per heavy atom. The summed E-state index contributed by atoms with van der Waals surface area (Å²) in [6, 6.07) is 9.51. The first-order chi connectivity index (χ1) is 9.63. The number of nitrogens with two attached hydrogens (primary N) is 1. The van der Waals surface area contributed by atoms with Gasteiger partial charge in [-0.2, -0.15) is 5.10 Å². The third kappa shape index (κ3) is 2.18. The molecular formula is C14H12N4O2. The van der Waals surface area contributed by atoms with Crippen molar-refractivity contribution in [3.05, 3.63) is 48.0 Å². The van der Waals surface area contributed by atoms with Gasteiger partial charge >= 0.3 is 0 Å². The lowest BCUT2D eigenvalue weighted by molar-refractivity contribution is 0.0974. The molecule has 1 aromatic carbocycles. The van der Waals surface area contributed by atoms with E-state index in [0.717, 1.165) is 22.5 Å². The van der Waals surface area contributed by atoms with E-state index in [2.05, 4.69) is 15.2 Å². The number of aryl methyl sites for hydroxylation is 1. The lowest BCUT2D eigenvalue weighted by Crippen LogP contribution is -2.09. The Morgan fingerprint density at radius 1 is 1.30 bits per heavy atom. The quantitative estimate of drug-likeness (QED) is 0.760. The number of hydrogen-bond donors (Lipinski definition) is 2. The molecule has 0 bridgehead atoms.